The first-order valence-corrected chi connectivity index (χ1v) is 7.80. The van der Waals surface area contributed by atoms with E-state index in [-0.39, 0.29) is 5.56 Å². The molecule has 0 amide bonds. The van der Waals surface area contributed by atoms with Gasteiger partial charge in [-0.2, -0.15) is 0 Å². The monoisotopic (exact) mass is 300 g/mol. The molecule has 0 spiro atoms. The first kappa shape index (κ1) is 13.9. The summed E-state index contributed by atoms with van der Waals surface area (Å²) in [5.74, 6) is 1.27. The molecule has 0 saturated heterocycles. The van der Waals surface area contributed by atoms with Crippen LogP contribution in [0.4, 0.5) is 0 Å². The van der Waals surface area contributed by atoms with Gasteiger partial charge in [-0.3, -0.25) is 4.79 Å². The average Bonchev–Trinajstić information content (AvgIpc) is 2.94. The summed E-state index contributed by atoms with van der Waals surface area (Å²) in [5.41, 5.74) is 1.70. The minimum Gasteiger partial charge on any atom is -0.326 e. The molecule has 2 heterocycles. The summed E-state index contributed by atoms with van der Waals surface area (Å²) in [6, 6.07) is 5.64. The molecule has 108 valence electrons. The Morgan fingerprint density at radius 3 is 3.05 bits per heavy atom. The number of para-hydroxylation sites is 1. The van der Waals surface area contributed by atoms with Crippen LogP contribution in [0.2, 0.25) is 0 Å². The first-order valence-electron chi connectivity index (χ1n) is 6.81. The number of thioether (sulfide) groups is 1. The fraction of sp³-hybridized carbons (Fsp3) is 0.267. The second-order valence-electron chi connectivity index (χ2n) is 4.77. The summed E-state index contributed by atoms with van der Waals surface area (Å²) in [6.45, 7) is 4.92. The van der Waals surface area contributed by atoms with Crippen molar-refractivity contribution in [1.82, 2.24) is 19.5 Å². The molecule has 0 fully saturated rings. The van der Waals surface area contributed by atoms with Crippen molar-refractivity contribution in [2.24, 2.45) is 0 Å². The summed E-state index contributed by atoms with van der Waals surface area (Å²) in [4.78, 5) is 23.9. The van der Waals surface area contributed by atoms with Gasteiger partial charge in [0, 0.05) is 18.9 Å². The van der Waals surface area contributed by atoms with Crippen LogP contribution in [0.5, 0.6) is 0 Å². The van der Waals surface area contributed by atoms with Gasteiger partial charge in [-0.05, 0) is 25.5 Å². The van der Waals surface area contributed by atoms with Crippen molar-refractivity contribution in [2.75, 3.05) is 0 Å². The number of nitrogens with zero attached hydrogens (tertiary/aromatic N) is 3. The number of aryl methyl sites for hydroxylation is 2. The van der Waals surface area contributed by atoms with Crippen molar-refractivity contribution < 1.29 is 0 Å². The topological polar surface area (TPSA) is 63.6 Å². The standard InChI is InChI=1S/C15H16N4OS/c1-3-19-8-7-16-15(19)21-9-12-17-13-10(2)5-4-6-11(13)14(20)18-12/h4-8H,3,9H2,1-2H3,(H,17,18,20). The molecule has 0 bridgehead atoms. The fourth-order valence-corrected chi connectivity index (χ4v) is 3.12. The van der Waals surface area contributed by atoms with Crippen LogP contribution < -0.4 is 5.56 Å². The van der Waals surface area contributed by atoms with Crippen LogP contribution in [-0.4, -0.2) is 19.5 Å². The van der Waals surface area contributed by atoms with Crippen molar-refractivity contribution in [3.05, 3.63) is 52.3 Å². The Bertz CT molecular complexity index is 837. The molecule has 0 aliphatic heterocycles. The quantitative estimate of drug-likeness (QED) is 0.753. The van der Waals surface area contributed by atoms with Gasteiger partial charge in [0.15, 0.2) is 5.16 Å². The van der Waals surface area contributed by atoms with Crippen molar-refractivity contribution in [1.29, 1.82) is 0 Å². The Labute approximate surface area is 126 Å². The first-order chi connectivity index (χ1) is 10.2. The highest BCUT2D eigenvalue weighted by Crippen LogP contribution is 2.20. The Hall–Kier alpha value is -2.08. The summed E-state index contributed by atoms with van der Waals surface area (Å²) in [7, 11) is 0. The van der Waals surface area contributed by atoms with E-state index in [9.17, 15) is 4.79 Å². The summed E-state index contributed by atoms with van der Waals surface area (Å²) in [6.07, 6.45) is 3.73. The van der Waals surface area contributed by atoms with E-state index < -0.39 is 0 Å². The zero-order chi connectivity index (χ0) is 14.8. The highest BCUT2D eigenvalue weighted by atomic mass is 32.2. The van der Waals surface area contributed by atoms with Gasteiger partial charge < -0.3 is 9.55 Å². The lowest BCUT2D eigenvalue weighted by Crippen LogP contribution is -2.12. The number of hydrogen-bond donors (Lipinski definition) is 1. The Morgan fingerprint density at radius 1 is 1.38 bits per heavy atom. The van der Waals surface area contributed by atoms with Gasteiger partial charge >= 0.3 is 0 Å². The van der Waals surface area contributed by atoms with E-state index in [2.05, 4.69) is 26.4 Å². The number of benzene rings is 1. The lowest BCUT2D eigenvalue weighted by molar-refractivity contribution is 0.681. The highest BCUT2D eigenvalue weighted by molar-refractivity contribution is 7.98. The van der Waals surface area contributed by atoms with E-state index >= 15 is 0 Å². The van der Waals surface area contributed by atoms with Crippen LogP contribution in [0.3, 0.4) is 0 Å². The third-order valence-corrected chi connectivity index (χ3v) is 4.36. The lowest BCUT2D eigenvalue weighted by atomic mass is 10.1. The van der Waals surface area contributed by atoms with Crippen molar-refractivity contribution in [3.8, 4) is 0 Å². The largest absolute Gasteiger partial charge is 0.326 e. The molecule has 0 atom stereocenters. The molecule has 3 rings (SSSR count). The molecule has 2 aromatic heterocycles. The van der Waals surface area contributed by atoms with E-state index in [1.165, 1.54) is 0 Å². The van der Waals surface area contributed by atoms with Crippen molar-refractivity contribution in [2.45, 2.75) is 31.3 Å². The van der Waals surface area contributed by atoms with Crippen molar-refractivity contribution in [3.63, 3.8) is 0 Å². The maximum Gasteiger partial charge on any atom is 0.258 e. The molecule has 21 heavy (non-hydrogen) atoms. The minimum absolute atomic E-state index is 0.0851. The van der Waals surface area contributed by atoms with Crippen molar-refractivity contribution >= 4 is 22.7 Å². The predicted octanol–water partition coefficient (Wildman–Crippen LogP) is 2.74. The van der Waals surface area contributed by atoms with Crippen LogP contribution >= 0.6 is 11.8 Å². The third kappa shape index (κ3) is 2.71. The Kier molecular flexibility index (Phi) is 3.79. The molecule has 1 N–H and O–H groups in total. The zero-order valence-corrected chi connectivity index (χ0v) is 12.8. The zero-order valence-electron chi connectivity index (χ0n) is 12.0. The number of H-pyrrole nitrogens is 1. The third-order valence-electron chi connectivity index (χ3n) is 3.34. The molecule has 0 saturated carbocycles. The normalized spacial score (nSPS) is 11.1. The minimum atomic E-state index is -0.0851. The molecule has 0 radical (unpaired) electrons. The number of aromatic nitrogens is 4. The van der Waals surface area contributed by atoms with Crippen LogP contribution in [-0.2, 0) is 12.3 Å². The highest BCUT2D eigenvalue weighted by Gasteiger charge is 2.08. The number of aromatic amines is 1. The second-order valence-corrected chi connectivity index (χ2v) is 5.71. The van der Waals surface area contributed by atoms with Gasteiger partial charge in [0.1, 0.15) is 5.82 Å². The smallest absolute Gasteiger partial charge is 0.258 e. The lowest BCUT2D eigenvalue weighted by Gasteiger charge is -2.06. The van der Waals surface area contributed by atoms with E-state index in [0.717, 1.165) is 22.8 Å². The Balaban J connectivity index is 1.91. The average molecular weight is 300 g/mol. The summed E-state index contributed by atoms with van der Waals surface area (Å²) in [5, 5.41) is 1.57. The molecule has 0 aliphatic rings. The van der Waals surface area contributed by atoms with Crippen LogP contribution in [0.1, 0.15) is 18.3 Å². The maximum absolute atomic E-state index is 12.1. The van der Waals surface area contributed by atoms with Crippen LogP contribution in [0, 0.1) is 6.92 Å². The van der Waals surface area contributed by atoms with Gasteiger partial charge in [0.05, 0.1) is 16.7 Å². The molecule has 0 aliphatic carbocycles. The molecular formula is C15H16N4OS. The number of fused-ring (bicyclic) bond motifs is 1. The van der Waals surface area contributed by atoms with Crippen LogP contribution in [0.25, 0.3) is 10.9 Å². The van der Waals surface area contributed by atoms with Gasteiger partial charge in [0.25, 0.3) is 5.56 Å². The number of rotatable bonds is 4. The molecule has 3 aromatic rings. The maximum atomic E-state index is 12.1. The Morgan fingerprint density at radius 2 is 2.24 bits per heavy atom. The molecule has 5 nitrogen and oxygen atoms in total. The number of hydrogen-bond acceptors (Lipinski definition) is 4. The van der Waals surface area contributed by atoms with E-state index in [1.54, 1.807) is 24.0 Å². The predicted molar refractivity (Wildman–Crippen MR) is 84.6 cm³/mol. The van der Waals surface area contributed by atoms with E-state index in [0.29, 0.717) is 17.0 Å². The molecule has 6 heteroatoms. The van der Waals surface area contributed by atoms with E-state index in [1.807, 2.05) is 25.3 Å². The van der Waals surface area contributed by atoms with Gasteiger partial charge in [-0.1, -0.05) is 23.9 Å². The van der Waals surface area contributed by atoms with Gasteiger partial charge in [0.2, 0.25) is 0 Å². The second kappa shape index (κ2) is 5.73. The molecular weight excluding hydrogens is 284 g/mol. The molecule has 0 unspecified atom stereocenters. The SMILES string of the molecule is CCn1ccnc1SCc1nc2c(C)cccc2c(=O)[nH]1. The fourth-order valence-electron chi connectivity index (χ4n) is 2.23. The number of imidazole rings is 1. The van der Waals surface area contributed by atoms with Gasteiger partial charge in [-0.25, -0.2) is 9.97 Å². The molecule has 1 aromatic carbocycles. The number of nitrogens with one attached hydrogen (secondary N) is 1. The van der Waals surface area contributed by atoms with E-state index in [4.69, 9.17) is 0 Å². The summed E-state index contributed by atoms with van der Waals surface area (Å²) < 4.78 is 2.06. The van der Waals surface area contributed by atoms with Crippen LogP contribution in [0.15, 0.2) is 40.5 Å². The van der Waals surface area contributed by atoms with Gasteiger partial charge in [-0.15, -0.1) is 0 Å². The summed E-state index contributed by atoms with van der Waals surface area (Å²) >= 11 is 1.57.